The minimum atomic E-state index is -0.278. The molecule has 0 saturated heterocycles. The first-order valence-electron chi connectivity index (χ1n) is 5.08. The second-order valence-electron chi connectivity index (χ2n) is 3.80. The van der Waals surface area contributed by atoms with Gasteiger partial charge in [0.15, 0.2) is 0 Å². The third kappa shape index (κ3) is 2.60. The highest BCUT2D eigenvalue weighted by atomic mass is 35.5. The van der Waals surface area contributed by atoms with Crippen LogP contribution in [0, 0.1) is 0 Å². The number of aromatic amines is 1. The lowest BCUT2D eigenvalue weighted by molar-refractivity contribution is 0.415. The molecule has 92 valence electrons. The van der Waals surface area contributed by atoms with Crippen LogP contribution in [0.25, 0.3) is 10.9 Å². The number of ether oxygens (including phenoxy) is 1. The summed E-state index contributed by atoms with van der Waals surface area (Å²) in [6.45, 7) is 1.79. The largest absolute Gasteiger partial charge is 0.497 e. The Morgan fingerprint density at radius 2 is 2.06 bits per heavy atom. The molecule has 5 heteroatoms. The molecule has 2 aromatic rings. The van der Waals surface area contributed by atoms with E-state index in [2.05, 4.69) is 4.98 Å². The van der Waals surface area contributed by atoms with Gasteiger partial charge < -0.3 is 15.5 Å². The minimum Gasteiger partial charge on any atom is -0.497 e. The topological polar surface area (TPSA) is 68.1 Å². The minimum absolute atomic E-state index is 0. The molecule has 0 aliphatic rings. The van der Waals surface area contributed by atoms with Gasteiger partial charge in [-0.1, -0.05) is 0 Å². The van der Waals surface area contributed by atoms with Crippen LogP contribution in [0.5, 0.6) is 5.75 Å². The van der Waals surface area contributed by atoms with Gasteiger partial charge in [-0.05, 0) is 31.2 Å². The summed E-state index contributed by atoms with van der Waals surface area (Å²) < 4.78 is 5.13. The average Bonchev–Trinajstić information content (AvgIpc) is 2.27. The van der Waals surface area contributed by atoms with Crippen molar-refractivity contribution in [2.75, 3.05) is 7.11 Å². The molecule has 0 bridgehead atoms. The first-order valence-corrected chi connectivity index (χ1v) is 5.08. The van der Waals surface area contributed by atoms with Crippen molar-refractivity contribution in [2.24, 2.45) is 5.73 Å². The van der Waals surface area contributed by atoms with Gasteiger partial charge in [0.1, 0.15) is 5.75 Å². The van der Waals surface area contributed by atoms with Crippen molar-refractivity contribution in [1.29, 1.82) is 0 Å². The van der Waals surface area contributed by atoms with Crippen LogP contribution < -0.4 is 16.0 Å². The molecular formula is C12H15ClN2O2. The first-order chi connectivity index (χ1) is 7.61. The summed E-state index contributed by atoms with van der Waals surface area (Å²) in [6.07, 6.45) is 0. The molecule has 3 N–H and O–H groups in total. The second kappa shape index (κ2) is 5.21. The summed E-state index contributed by atoms with van der Waals surface area (Å²) in [5.41, 5.74) is 6.96. The molecule has 1 aromatic heterocycles. The summed E-state index contributed by atoms with van der Waals surface area (Å²) in [6, 6.07) is 7.03. The van der Waals surface area contributed by atoms with E-state index in [9.17, 15) is 4.79 Å². The fourth-order valence-electron chi connectivity index (χ4n) is 1.67. The smallest absolute Gasteiger partial charge is 0.253 e. The molecule has 4 nitrogen and oxygen atoms in total. The van der Waals surface area contributed by atoms with Crippen molar-refractivity contribution in [2.45, 2.75) is 13.0 Å². The SMILES string of the molecule is COc1ccc2[nH]c(=O)c(C(C)N)cc2c1.Cl. The van der Waals surface area contributed by atoms with Crippen LogP contribution in [0.4, 0.5) is 0 Å². The molecule has 0 saturated carbocycles. The van der Waals surface area contributed by atoms with Gasteiger partial charge in [0, 0.05) is 22.5 Å². The number of aromatic nitrogens is 1. The fourth-order valence-corrected chi connectivity index (χ4v) is 1.67. The van der Waals surface area contributed by atoms with Gasteiger partial charge in [0.05, 0.1) is 7.11 Å². The van der Waals surface area contributed by atoms with Gasteiger partial charge in [0.25, 0.3) is 5.56 Å². The van der Waals surface area contributed by atoms with E-state index >= 15 is 0 Å². The molecule has 1 aromatic carbocycles. The Morgan fingerprint density at radius 3 is 2.65 bits per heavy atom. The van der Waals surface area contributed by atoms with Crippen molar-refractivity contribution in [3.05, 3.63) is 40.2 Å². The zero-order valence-corrected chi connectivity index (χ0v) is 10.5. The van der Waals surface area contributed by atoms with Crippen LogP contribution >= 0.6 is 12.4 Å². The van der Waals surface area contributed by atoms with Crippen molar-refractivity contribution < 1.29 is 4.74 Å². The molecule has 0 aliphatic heterocycles. The summed E-state index contributed by atoms with van der Waals surface area (Å²) in [5.74, 6) is 0.759. The predicted octanol–water partition coefficient (Wildman–Crippen LogP) is 1.98. The number of H-pyrrole nitrogens is 1. The van der Waals surface area contributed by atoms with Crippen molar-refractivity contribution in [3.8, 4) is 5.75 Å². The first kappa shape index (κ1) is 13.5. The molecule has 17 heavy (non-hydrogen) atoms. The zero-order valence-electron chi connectivity index (χ0n) is 9.69. The Morgan fingerprint density at radius 1 is 1.35 bits per heavy atom. The molecular weight excluding hydrogens is 240 g/mol. The van der Waals surface area contributed by atoms with E-state index in [0.717, 1.165) is 16.7 Å². The van der Waals surface area contributed by atoms with Crippen LogP contribution in [0.3, 0.4) is 0 Å². The molecule has 1 unspecified atom stereocenters. The average molecular weight is 255 g/mol. The van der Waals surface area contributed by atoms with E-state index in [4.69, 9.17) is 10.5 Å². The van der Waals surface area contributed by atoms with Crippen LogP contribution in [-0.2, 0) is 0 Å². The number of nitrogens with one attached hydrogen (secondary N) is 1. The number of hydrogen-bond donors (Lipinski definition) is 2. The van der Waals surface area contributed by atoms with Gasteiger partial charge in [0.2, 0.25) is 0 Å². The van der Waals surface area contributed by atoms with Crippen molar-refractivity contribution in [3.63, 3.8) is 0 Å². The number of halogens is 1. The molecule has 1 atom stereocenters. The van der Waals surface area contributed by atoms with Gasteiger partial charge in [-0.15, -0.1) is 12.4 Å². The molecule has 0 amide bonds. The van der Waals surface area contributed by atoms with E-state index in [0.29, 0.717) is 5.56 Å². The standard InChI is InChI=1S/C12H14N2O2.ClH/c1-7(13)10-6-8-5-9(16-2)3-4-11(8)14-12(10)15;/h3-7H,13H2,1-2H3,(H,14,15);1H. The number of fused-ring (bicyclic) bond motifs is 1. The molecule has 0 radical (unpaired) electrons. The van der Waals surface area contributed by atoms with Crippen molar-refractivity contribution >= 4 is 23.3 Å². The quantitative estimate of drug-likeness (QED) is 0.861. The Labute approximate surface area is 105 Å². The predicted molar refractivity (Wildman–Crippen MR) is 71.0 cm³/mol. The van der Waals surface area contributed by atoms with Crippen molar-refractivity contribution in [1.82, 2.24) is 4.98 Å². The number of pyridine rings is 1. The number of rotatable bonds is 2. The lowest BCUT2D eigenvalue weighted by Crippen LogP contribution is -2.19. The van der Waals surface area contributed by atoms with Gasteiger partial charge in [-0.3, -0.25) is 4.79 Å². The second-order valence-corrected chi connectivity index (χ2v) is 3.80. The number of hydrogen-bond acceptors (Lipinski definition) is 3. The van der Waals surface area contributed by atoms with Crippen LogP contribution in [-0.4, -0.2) is 12.1 Å². The molecule has 0 spiro atoms. The van der Waals surface area contributed by atoms with E-state index < -0.39 is 0 Å². The Hall–Kier alpha value is -1.52. The van der Waals surface area contributed by atoms with Crippen LogP contribution in [0.1, 0.15) is 18.5 Å². The maximum absolute atomic E-state index is 11.7. The fraction of sp³-hybridized carbons (Fsp3) is 0.250. The Kier molecular flexibility index (Phi) is 4.15. The maximum Gasteiger partial charge on any atom is 0.253 e. The number of nitrogens with two attached hydrogens (primary N) is 1. The summed E-state index contributed by atoms with van der Waals surface area (Å²) in [7, 11) is 1.61. The van der Waals surface area contributed by atoms with Gasteiger partial charge in [-0.25, -0.2) is 0 Å². The van der Waals surface area contributed by atoms with Gasteiger partial charge >= 0.3 is 0 Å². The van der Waals surface area contributed by atoms with Crippen LogP contribution in [0.2, 0.25) is 0 Å². The number of methoxy groups -OCH3 is 1. The molecule has 0 aliphatic carbocycles. The van der Waals surface area contributed by atoms with E-state index in [1.165, 1.54) is 0 Å². The van der Waals surface area contributed by atoms with E-state index in [1.54, 1.807) is 20.1 Å². The maximum atomic E-state index is 11.7. The lowest BCUT2D eigenvalue weighted by Gasteiger charge is -2.07. The summed E-state index contributed by atoms with van der Waals surface area (Å²) in [5, 5.41) is 0.922. The molecule has 0 fully saturated rings. The summed E-state index contributed by atoms with van der Waals surface area (Å²) >= 11 is 0. The normalized spacial score (nSPS) is 11.9. The zero-order chi connectivity index (χ0) is 11.7. The highest BCUT2D eigenvalue weighted by Crippen LogP contribution is 2.19. The highest BCUT2D eigenvalue weighted by Gasteiger charge is 2.07. The lowest BCUT2D eigenvalue weighted by atomic mass is 10.1. The van der Waals surface area contributed by atoms with Gasteiger partial charge in [-0.2, -0.15) is 0 Å². The third-order valence-electron chi connectivity index (χ3n) is 2.57. The highest BCUT2D eigenvalue weighted by molar-refractivity contribution is 5.85. The van der Waals surface area contributed by atoms with E-state index in [1.807, 2.05) is 18.2 Å². The molecule has 2 rings (SSSR count). The third-order valence-corrected chi connectivity index (χ3v) is 2.57. The summed E-state index contributed by atoms with van der Waals surface area (Å²) in [4.78, 5) is 14.5. The van der Waals surface area contributed by atoms with E-state index in [-0.39, 0.29) is 24.0 Å². The Bertz CT molecular complexity index is 578. The van der Waals surface area contributed by atoms with Crippen LogP contribution in [0.15, 0.2) is 29.1 Å². The molecule has 1 heterocycles. The number of benzene rings is 1. The monoisotopic (exact) mass is 254 g/mol. The Balaban J connectivity index is 0.00000144.